The molecule has 26 heavy (non-hydrogen) atoms. The van der Waals surface area contributed by atoms with Crippen molar-refractivity contribution < 1.29 is 9.53 Å². The van der Waals surface area contributed by atoms with Crippen LogP contribution < -0.4 is 9.64 Å². The fourth-order valence-electron chi connectivity index (χ4n) is 3.19. The first-order valence-corrected chi connectivity index (χ1v) is 9.58. The fraction of sp³-hybridized carbons (Fsp3) is 0.238. The van der Waals surface area contributed by atoms with Crippen LogP contribution in [-0.2, 0) is 24.2 Å². The Bertz CT molecular complexity index is 935. The lowest BCUT2D eigenvalue weighted by molar-refractivity contribution is -0.117. The van der Waals surface area contributed by atoms with Crippen molar-refractivity contribution in [3.05, 3.63) is 75.7 Å². The topological polar surface area (TPSA) is 42.4 Å². The Kier molecular flexibility index (Phi) is 4.71. The van der Waals surface area contributed by atoms with Crippen LogP contribution in [0.1, 0.15) is 21.8 Å². The number of aromatic nitrogens is 1. The number of nitrogens with zero attached hydrogens (tertiary/aromatic N) is 2. The normalized spacial score (nSPS) is 12.9. The van der Waals surface area contributed by atoms with Gasteiger partial charge in [0, 0.05) is 17.6 Å². The summed E-state index contributed by atoms with van der Waals surface area (Å²) in [6, 6.07) is 16.1. The number of aryl methyl sites for hydroxylation is 1. The van der Waals surface area contributed by atoms with Crippen molar-refractivity contribution in [2.75, 3.05) is 11.4 Å². The third kappa shape index (κ3) is 3.63. The van der Waals surface area contributed by atoms with E-state index in [1.165, 1.54) is 22.5 Å². The van der Waals surface area contributed by atoms with Gasteiger partial charge in [-0.1, -0.05) is 30.3 Å². The number of thiazole rings is 1. The molecule has 0 bridgehead atoms. The van der Waals surface area contributed by atoms with Gasteiger partial charge >= 0.3 is 0 Å². The maximum Gasteiger partial charge on any atom is 0.233 e. The minimum Gasteiger partial charge on any atom is -0.486 e. The van der Waals surface area contributed by atoms with Crippen LogP contribution in [0.25, 0.3) is 0 Å². The molecule has 4 nitrogen and oxygen atoms in total. The van der Waals surface area contributed by atoms with Crippen LogP contribution in [0.2, 0.25) is 0 Å². The number of hydrogen-bond acceptors (Lipinski definition) is 4. The van der Waals surface area contributed by atoms with Crippen molar-refractivity contribution >= 4 is 22.9 Å². The number of ether oxygens (including phenoxy) is 1. The third-order valence-corrected chi connectivity index (χ3v) is 5.34. The Morgan fingerprint density at radius 1 is 1.23 bits per heavy atom. The predicted molar refractivity (Wildman–Crippen MR) is 104 cm³/mol. The van der Waals surface area contributed by atoms with Gasteiger partial charge in [-0.3, -0.25) is 4.79 Å². The van der Waals surface area contributed by atoms with Gasteiger partial charge in [0.1, 0.15) is 17.4 Å². The molecule has 0 N–H and O–H groups in total. The van der Waals surface area contributed by atoms with Crippen molar-refractivity contribution in [3.63, 3.8) is 0 Å². The number of benzene rings is 2. The molecule has 132 valence electrons. The largest absolute Gasteiger partial charge is 0.486 e. The lowest BCUT2D eigenvalue weighted by Gasteiger charge is -2.16. The van der Waals surface area contributed by atoms with Crippen molar-refractivity contribution in [2.45, 2.75) is 26.4 Å². The Morgan fingerprint density at radius 3 is 3.00 bits per heavy atom. The number of para-hydroxylation sites is 1. The van der Waals surface area contributed by atoms with Gasteiger partial charge in [0.15, 0.2) is 0 Å². The SMILES string of the molecule is Cc1cccc(OCc2nc(CC(=O)N3CCc4ccccc43)cs2)c1. The number of anilines is 1. The summed E-state index contributed by atoms with van der Waals surface area (Å²) in [5.41, 5.74) is 4.26. The van der Waals surface area contributed by atoms with E-state index in [4.69, 9.17) is 4.74 Å². The number of fused-ring (bicyclic) bond motifs is 1. The van der Waals surface area contributed by atoms with Crippen molar-refractivity contribution in [1.82, 2.24) is 4.98 Å². The smallest absolute Gasteiger partial charge is 0.233 e. The number of hydrogen-bond donors (Lipinski definition) is 0. The molecule has 0 atom stereocenters. The second-order valence-corrected chi connectivity index (χ2v) is 7.38. The van der Waals surface area contributed by atoms with Gasteiger partial charge in [-0.25, -0.2) is 4.98 Å². The Labute approximate surface area is 157 Å². The maximum atomic E-state index is 12.7. The van der Waals surface area contributed by atoms with E-state index >= 15 is 0 Å². The standard InChI is InChI=1S/C21H20N2O2S/c1-15-5-4-7-18(11-15)25-13-20-22-17(14-26-20)12-21(24)23-10-9-16-6-2-3-8-19(16)23/h2-8,11,14H,9-10,12-13H2,1H3. The molecule has 1 aliphatic heterocycles. The number of carbonyl (C=O) groups is 1. The van der Waals surface area contributed by atoms with Crippen LogP contribution in [-0.4, -0.2) is 17.4 Å². The zero-order valence-corrected chi connectivity index (χ0v) is 15.5. The maximum absolute atomic E-state index is 12.7. The summed E-state index contributed by atoms with van der Waals surface area (Å²) in [6.45, 7) is 3.22. The van der Waals surface area contributed by atoms with E-state index in [1.54, 1.807) is 0 Å². The van der Waals surface area contributed by atoms with E-state index in [0.717, 1.165) is 35.1 Å². The van der Waals surface area contributed by atoms with Gasteiger partial charge in [-0.15, -0.1) is 11.3 Å². The van der Waals surface area contributed by atoms with Gasteiger partial charge in [0.25, 0.3) is 0 Å². The molecule has 0 spiro atoms. The average molecular weight is 364 g/mol. The Morgan fingerprint density at radius 2 is 2.12 bits per heavy atom. The minimum atomic E-state index is 0.103. The molecule has 2 aromatic carbocycles. The van der Waals surface area contributed by atoms with E-state index in [2.05, 4.69) is 11.1 Å². The van der Waals surface area contributed by atoms with E-state index in [-0.39, 0.29) is 5.91 Å². The molecular formula is C21H20N2O2S. The second-order valence-electron chi connectivity index (χ2n) is 6.44. The fourth-order valence-corrected chi connectivity index (χ4v) is 3.90. The monoisotopic (exact) mass is 364 g/mol. The number of amides is 1. The molecule has 0 saturated heterocycles. The zero-order chi connectivity index (χ0) is 17.9. The molecule has 0 fully saturated rings. The van der Waals surface area contributed by atoms with Crippen molar-refractivity contribution in [3.8, 4) is 5.75 Å². The van der Waals surface area contributed by atoms with Crippen LogP contribution in [0.5, 0.6) is 5.75 Å². The first kappa shape index (κ1) is 16.8. The molecule has 1 amide bonds. The lowest BCUT2D eigenvalue weighted by Crippen LogP contribution is -2.30. The van der Waals surface area contributed by atoms with Crippen molar-refractivity contribution in [1.29, 1.82) is 0 Å². The number of carbonyl (C=O) groups excluding carboxylic acids is 1. The summed E-state index contributed by atoms with van der Waals surface area (Å²) in [5.74, 6) is 0.943. The molecule has 2 heterocycles. The highest BCUT2D eigenvalue weighted by Gasteiger charge is 2.24. The zero-order valence-electron chi connectivity index (χ0n) is 14.6. The van der Waals surface area contributed by atoms with Crippen LogP contribution >= 0.6 is 11.3 Å². The number of rotatable bonds is 5. The molecule has 1 aromatic heterocycles. The first-order valence-electron chi connectivity index (χ1n) is 8.70. The molecular weight excluding hydrogens is 344 g/mol. The van der Waals surface area contributed by atoms with Gasteiger partial charge in [-0.05, 0) is 42.7 Å². The quantitative estimate of drug-likeness (QED) is 0.683. The van der Waals surface area contributed by atoms with Gasteiger partial charge < -0.3 is 9.64 Å². The summed E-state index contributed by atoms with van der Waals surface area (Å²) in [4.78, 5) is 19.1. The summed E-state index contributed by atoms with van der Waals surface area (Å²) >= 11 is 1.54. The Hall–Kier alpha value is -2.66. The lowest BCUT2D eigenvalue weighted by atomic mass is 10.2. The Balaban J connectivity index is 1.37. The van der Waals surface area contributed by atoms with Crippen LogP contribution in [0, 0.1) is 6.92 Å². The first-order chi connectivity index (χ1) is 12.7. The van der Waals surface area contributed by atoms with E-state index in [1.807, 2.05) is 59.7 Å². The summed E-state index contributed by atoms with van der Waals surface area (Å²) in [7, 11) is 0. The molecule has 0 radical (unpaired) electrons. The minimum absolute atomic E-state index is 0.103. The summed E-state index contributed by atoms with van der Waals surface area (Å²) in [5, 5.41) is 2.84. The van der Waals surface area contributed by atoms with Crippen molar-refractivity contribution in [2.24, 2.45) is 0 Å². The highest BCUT2D eigenvalue weighted by Crippen LogP contribution is 2.28. The van der Waals surface area contributed by atoms with Gasteiger partial charge in [0.05, 0.1) is 12.1 Å². The van der Waals surface area contributed by atoms with E-state index < -0.39 is 0 Å². The molecule has 5 heteroatoms. The molecule has 0 unspecified atom stereocenters. The van der Waals surface area contributed by atoms with E-state index in [0.29, 0.717) is 13.0 Å². The molecule has 0 saturated carbocycles. The average Bonchev–Trinajstić information content (AvgIpc) is 3.26. The molecule has 1 aliphatic rings. The predicted octanol–water partition coefficient (Wildman–Crippen LogP) is 4.16. The highest BCUT2D eigenvalue weighted by atomic mass is 32.1. The summed E-state index contributed by atoms with van der Waals surface area (Å²) < 4.78 is 5.79. The van der Waals surface area contributed by atoms with Crippen LogP contribution in [0.15, 0.2) is 53.9 Å². The summed E-state index contributed by atoms with van der Waals surface area (Å²) in [6.07, 6.45) is 1.25. The highest BCUT2D eigenvalue weighted by molar-refractivity contribution is 7.09. The van der Waals surface area contributed by atoms with Gasteiger partial charge in [-0.2, -0.15) is 0 Å². The van der Waals surface area contributed by atoms with Crippen LogP contribution in [0.3, 0.4) is 0 Å². The van der Waals surface area contributed by atoms with Crippen LogP contribution in [0.4, 0.5) is 5.69 Å². The molecule has 3 aromatic rings. The molecule has 4 rings (SSSR count). The van der Waals surface area contributed by atoms with Gasteiger partial charge in [0.2, 0.25) is 5.91 Å². The second kappa shape index (κ2) is 7.30. The third-order valence-electron chi connectivity index (χ3n) is 4.47. The van der Waals surface area contributed by atoms with E-state index in [9.17, 15) is 4.79 Å². The molecule has 0 aliphatic carbocycles.